The molecule has 28 heavy (non-hydrogen) atoms. The molecule has 2 unspecified atom stereocenters. The molecule has 0 saturated carbocycles. The van der Waals surface area contributed by atoms with Gasteiger partial charge in [-0.2, -0.15) is 0 Å². The van der Waals surface area contributed by atoms with Gasteiger partial charge in [-0.3, -0.25) is 9.59 Å². The standard InChI is InChI=1S/C22H35N3O2.Y/c1-6-25(12-8-11-19(14-25)22(27)23-13-16(2)3)15-20(26)24-21-17(4)9-7-10-18(21)5;/h7,9-10,16,19H,6,8,11-15H2,1-5H3,(H-,23,24,26,27);/p+1. The number of aryl methyl sites for hydroxylation is 2. The van der Waals surface area contributed by atoms with Crippen molar-refractivity contribution in [1.29, 1.82) is 0 Å². The molecule has 1 saturated heterocycles. The van der Waals surface area contributed by atoms with Crippen LogP contribution in [0.5, 0.6) is 0 Å². The number of benzene rings is 1. The van der Waals surface area contributed by atoms with E-state index in [0.717, 1.165) is 49.3 Å². The van der Waals surface area contributed by atoms with Crippen molar-refractivity contribution in [3.05, 3.63) is 29.3 Å². The number of rotatable bonds is 7. The van der Waals surface area contributed by atoms with E-state index in [1.54, 1.807) is 0 Å². The first-order chi connectivity index (χ1) is 12.8. The van der Waals surface area contributed by atoms with Gasteiger partial charge in [-0.25, -0.2) is 0 Å². The number of anilines is 1. The number of carbonyl (C=O) groups is 2. The van der Waals surface area contributed by atoms with E-state index in [2.05, 4.69) is 31.4 Å². The molecule has 0 aromatic heterocycles. The second kappa shape index (κ2) is 11.4. The number of amides is 2. The Morgan fingerprint density at radius 1 is 1.21 bits per heavy atom. The van der Waals surface area contributed by atoms with E-state index in [1.807, 2.05) is 32.0 Å². The number of hydrogen-bond acceptors (Lipinski definition) is 2. The maximum absolute atomic E-state index is 12.8. The van der Waals surface area contributed by atoms with Gasteiger partial charge in [0, 0.05) is 44.9 Å². The third kappa shape index (κ3) is 6.93. The number of likely N-dealkylation sites (N-methyl/N-ethyl adjacent to an activating group) is 1. The maximum atomic E-state index is 12.8. The number of carbonyl (C=O) groups excluding carboxylic acids is 2. The van der Waals surface area contributed by atoms with Crippen LogP contribution in [0.15, 0.2) is 18.2 Å². The number of nitrogens with zero attached hydrogens (tertiary/aromatic N) is 1. The summed E-state index contributed by atoms with van der Waals surface area (Å²) in [5, 5.41) is 6.19. The SMILES string of the molecule is CC[N+]1(CC(=O)Nc2c(C)cccc2C)CCCC(C(=O)NCC(C)C)C1.[Y]. The average molecular weight is 463 g/mol. The number of likely N-dealkylation sites (tertiary alicyclic amines) is 1. The van der Waals surface area contributed by atoms with Crippen LogP contribution in [0.4, 0.5) is 5.69 Å². The molecule has 2 atom stereocenters. The van der Waals surface area contributed by atoms with Gasteiger partial charge in [0.25, 0.3) is 5.91 Å². The summed E-state index contributed by atoms with van der Waals surface area (Å²) in [6, 6.07) is 6.04. The molecule has 153 valence electrons. The Bertz CT molecular complexity index is 657. The Morgan fingerprint density at radius 3 is 2.43 bits per heavy atom. The van der Waals surface area contributed by atoms with Crippen molar-refractivity contribution in [2.75, 3.05) is 38.0 Å². The van der Waals surface area contributed by atoms with Gasteiger partial charge >= 0.3 is 0 Å². The average Bonchev–Trinajstić information content (AvgIpc) is 2.63. The smallest absolute Gasteiger partial charge is 0.279 e. The van der Waals surface area contributed by atoms with Crippen molar-refractivity contribution in [2.24, 2.45) is 11.8 Å². The molecule has 2 rings (SSSR count). The van der Waals surface area contributed by atoms with Gasteiger partial charge in [0.1, 0.15) is 0 Å². The molecular weight excluding hydrogens is 427 g/mol. The summed E-state index contributed by atoms with van der Waals surface area (Å²) >= 11 is 0. The van der Waals surface area contributed by atoms with E-state index in [1.165, 1.54) is 0 Å². The van der Waals surface area contributed by atoms with Gasteiger partial charge in [-0.1, -0.05) is 32.0 Å². The molecule has 1 aliphatic rings. The van der Waals surface area contributed by atoms with Crippen LogP contribution in [-0.2, 0) is 42.3 Å². The van der Waals surface area contributed by atoms with Gasteiger partial charge in [-0.05, 0) is 50.7 Å². The Hall–Kier alpha value is -0.776. The number of para-hydroxylation sites is 1. The summed E-state index contributed by atoms with van der Waals surface area (Å²) in [5.74, 6) is 0.642. The molecule has 1 radical (unpaired) electrons. The summed E-state index contributed by atoms with van der Waals surface area (Å²) in [5.41, 5.74) is 3.08. The third-order valence-electron chi connectivity index (χ3n) is 5.74. The van der Waals surface area contributed by atoms with Crippen LogP contribution in [-0.4, -0.2) is 49.0 Å². The zero-order valence-electron chi connectivity index (χ0n) is 18.2. The van der Waals surface area contributed by atoms with Crippen LogP contribution in [0.2, 0.25) is 0 Å². The van der Waals surface area contributed by atoms with E-state index in [9.17, 15) is 9.59 Å². The minimum Gasteiger partial charge on any atom is -0.355 e. The van der Waals surface area contributed by atoms with Gasteiger partial charge in [0.15, 0.2) is 6.54 Å². The first kappa shape index (κ1) is 25.3. The van der Waals surface area contributed by atoms with E-state index in [4.69, 9.17) is 0 Å². The predicted molar refractivity (Wildman–Crippen MR) is 111 cm³/mol. The molecule has 0 bridgehead atoms. The number of hydrogen-bond donors (Lipinski definition) is 2. The molecule has 1 heterocycles. The van der Waals surface area contributed by atoms with Gasteiger partial charge < -0.3 is 15.1 Å². The van der Waals surface area contributed by atoms with Gasteiger partial charge in [0.2, 0.25) is 5.91 Å². The van der Waals surface area contributed by atoms with E-state index >= 15 is 0 Å². The fourth-order valence-corrected chi connectivity index (χ4v) is 4.02. The summed E-state index contributed by atoms with van der Waals surface area (Å²) in [6.07, 6.45) is 1.91. The summed E-state index contributed by atoms with van der Waals surface area (Å²) < 4.78 is 0.691. The van der Waals surface area contributed by atoms with Gasteiger partial charge in [0.05, 0.1) is 25.6 Å². The van der Waals surface area contributed by atoms with Gasteiger partial charge in [-0.15, -0.1) is 0 Å². The molecule has 1 aromatic rings. The van der Waals surface area contributed by atoms with Crippen LogP contribution in [0.25, 0.3) is 0 Å². The van der Waals surface area contributed by atoms with Crippen LogP contribution >= 0.6 is 0 Å². The largest absolute Gasteiger partial charge is 0.355 e. The first-order valence-corrected chi connectivity index (χ1v) is 10.2. The molecule has 0 aliphatic carbocycles. The van der Waals surface area contributed by atoms with Crippen molar-refractivity contribution in [3.8, 4) is 0 Å². The third-order valence-corrected chi connectivity index (χ3v) is 5.74. The summed E-state index contributed by atoms with van der Waals surface area (Å²) in [6.45, 7) is 14.1. The topological polar surface area (TPSA) is 58.2 Å². The van der Waals surface area contributed by atoms with Crippen molar-refractivity contribution >= 4 is 17.5 Å². The second-order valence-corrected chi connectivity index (χ2v) is 8.52. The van der Waals surface area contributed by atoms with Crippen LogP contribution in [0.1, 0.15) is 44.7 Å². The molecular formula is C22H36N3O2Y+. The van der Waals surface area contributed by atoms with E-state index in [0.29, 0.717) is 23.5 Å². The van der Waals surface area contributed by atoms with Crippen LogP contribution in [0.3, 0.4) is 0 Å². The fraction of sp³-hybridized carbons (Fsp3) is 0.636. The normalized spacial score (nSPS) is 21.7. The zero-order chi connectivity index (χ0) is 20.0. The Balaban J connectivity index is 0.00000392. The molecule has 2 N–H and O–H groups in total. The van der Waals surface area contributed by atoms with Crippen molar-refractivity contribution in [1.82, 2.24) is 5.32 Å². The molecule has 1 aliphatic heterocycles. The van der Waals surface area contributed by atoms with Crippen molar-refractivity contribution in [3.63, 3.8) is 0 Å². The Morgan fingerprint density at radius 2 is 1.86 bits per heavy atom. The van der Waals surface area contributed by atoms with Crippen LogP contribution < -0.4 is 10.6 Å². The zero-order valence-corrected chi connectivity index (χ0v) is 21.0. The quantitative estimate of drug-likeness (QED) is 0.610. The second-order valence-electron chi connectivity index (χ2n) is 8.52. The number of quaternary nitrogens is 1. The number of nitrogens with one attached hydrogen (secondary N) is 2. The first-order valence-electron chi connectivity index (χ1n) is 10.2. The Labute approximate surface area is 195 Å². The minimum atomic E-state index is 0. The summed E-state index contributed by atoms with van der Waals surface area (Å²) in [4.78, 5) is 25.4. The number of piperidine rings is 1. The monoisotopic (exact) mass is 463 g/mol. The fourth-order valence-electron chi connectivity index (χ4n) is 4.02. The molecule has 2 amide bonds. The van der Waals surface area contributed by atoms with Crippen molar-refractivity contribution in [2.45, 2.75) is 47.5 Å². The molecule has 6 heteroatoms. The molecule has 5 nitrogen and oxygen atoms in total. The maximum Gasteiger partial charge on any atom is 0.279 e. The summed E-state index contributed by atoms with van der Waals surface area (Å²) in [7, 11) is 0. The molecule has 0 spiro atoms. The Kier molecular flexibility index (Phi) is 10.3. The molecule has 1 fully saturated rings. The van der Waals surface area contributed by atoms with Crippen molar-refractivity contribution < 1.29 is 46.8 Å². The van der Waals surface area contributed by atoms with E-state index < -0.39 is 0 Å². The molecule has 1 aromatic carbocycles. The minimum absolute atomic E-state index is 0. The van der Waals surface area contributed by atoms with E-state index in [-0.39, 0.29) is 50.4 Å². The predicted octanol–water partition coefficient (Wildman–Crippen LogP) is 3.26. The van der Waals surface area contributed by atoms with Crippen LogP contribution in [0, 0.1) is 25.7 Å².